The van der Waals surface area contributed by atoms with Gasteiger partial charge in [-0.2, -0.15) is 0 Å². The summed E-state index contributed by atoms with van der Waals surface area (Å²) in [7, 11) is 1.51. The lowest BCUT2D eigenvalue weighted by Crippen LogP contribution is -2.26. The standard InChI is InChI=1S/C21H29N5O3/c1-3-24-20-16(13-22)11-19(26-21(28)23-2)25-18(20)12-17(27)14-29-10-9-15-7-5-4-6-8-15/h4-8,11,13,17,22,24,27H,3,9-10,12,14H2,1-2H3,(H2,23,25,26,28)/t17-/m0/s1. The molecule has 156 valence electrons. The molecular weight excluding hydrogens is 370 g/mol. The van der Waals surface area contributed by atoms with Crippen LogP contribution in [0.2, 0.25) is 0 Å². The molecule has 5 N–H and O–H groups in total. The van der Waals surface area contributed by atoms with Crippen molar-refractivity contribution in [2.75, 3.05) is 37.4 Å². The first-order valence-electron chi connectivity index (χ1n) is 9.64. The number of nitrogens with one attached hydrogen (secondary N) is 4. The fourth-order valence-corrected chi connectivity index (χ4v) is 2.84. The zero-order valence-electron chi connectivity index (χ0n) is 16.9. The molecule has 0 radical (unpaired) electrons. The molecule has 0 aliphatic carbocycles. The van der Waals surface area contributed by atoms with Crippen molar-refractivity contribution in [2.45, 2.75) is 25.9 Å². The lowest BCUT2D eigenvalue weighted by atomic mass is 10.1. The van der Waals surface area contributed by atoms with E-state index in [4.69, 9.17) is 10.1 Å². The van der Waals surface area contributed by atoms with Crippen LogP contribution in [-0.2, 0) is 17.6 Å². The average molecular weight is 399 g/mol. The summed E-state index contributed by atoms with van der Waals surface area (Å²) >= 11 is 0. The minimum Gasteiger partial charge on any atom is -0.390 e. The van der Waals surface area contributed by atoms with Gasteiger partial charge in [0.05, 0.1) is 30.7 Å². The van der Waals surface area contributed by atoms with Crippen molar-refractivity contribution in [1.29, 1.82) is 5.41 Å². The zero-order valence-corrected chi connectivity index (χ0v) is 16.9. The van der Waals surface area contributed by atoms with Crippen LogP contribution in [0.25, 0.3) is 0 Å². The van der Waals surface area contributed by atoms with Gasteiger partial charge >= 0.3 is 6.03 Å². The molecule has 29 heavy (non-hydrogen) atoms. The van der Waals surface area contributed by atoms with E-state index in [9.17, 15) is 9.90 Å². The second kappa shape index (κ2) is 11.8. The van der Waals surface area contributed by atoms with E-state index in [1.165, 1.54) is 18.8 Å². The summed E-state index contributed by atoms with van der Waals surface area (Å²) in [6.45, 7) is 3.27. The molecule has 0 fully saturated rings. The van der Waals surface area contributed by atoms with Crippen molar-refractivity contribution < 1.29 is 14.6 Å². The highest BCUT2D eigenvalue weighted by Crippen LogP contribution is 2.23. The third-order valence-electron chi connectivity index (χ3n) is 4.22. The minimum absolute atomic E-state index is 0.174. The quantitative estimate of drug-likeness (QED) is 0.294. The van der Waals surface area contributed by atoms with Crippen LogP contribution in [0.4, 0.5) is 16.3 Å². The van der Waals surface area contributed by atoms with Gasteiger partial charge in [-0.05, 0) is 25.0 Å². The van der Waals surface area contributed by atoms with Gasteiger partial charge in [-0.25, -0.2) is 9.78 Å². The number of aliphatic hydroxyl groups excluding tert-OH is 1. The van der Waals surface area contributed by atoms with E-state index < -0.39 is 12.1 Å². The zero-order chi connectivity index (χ0) is 21.1. The first-order chi connectivity index (χ1) is 14.1. The molecule has 2 aromatic rings. The number of rotatable bonds is 11. The van der Waals surface area contributed by atoms with Gasteiger partial charge in [-0.1, -0.05) is 30.3 Å². The van der Waals surface area contributed by atoms with Gasteiger partial charge in [-0.15, -0.1) is 0 Å². The fraction of sp³-hybridized carbons (Fsp3) is 0.381. The Bertz CT molecular complexity index is 798. The highest BCUT2D eigenvalue weighted by molar-refractivity contribution is 5.92. The second-order valence-electron chi connectivity index (χ2n) is 6.47. The third-order valence-corrected chi connectivity index (χ3v) is 4.22. The predicted molar refractivity (Wildman–Crippen MR) is 115 cm³/mol. The van der Waals surface area contributed by atoms with Gasteiger partial charge < -0.3 is 25.9 Å². The lowest BCUT2D eigenvalue weighted by Gasteiger charge is -2.18. The molecule has 1 aromatic heterocycles. The van der Waals surface area contributed by atoms with E-state index in [1.807, 2.05) is 37.3 Å². The van der Waals surface area contributed by atoms with Crippen LogP contribution in [0.15, 0.2) is 36.4 Å². The van der Waals surface area contributed by atoms with E-state index in [0.29, 0.717) is 35.9 Å². The highest BCUT2D eigenvalue weighted by Gasteiger charge is 2.16. The summed E-state index contributed by atoms with van der Waals surface area (Å²) in [4.78, 5) is 16.1. The van der Waals surface area contributed by atoms with Crippen molar-refractivity contribution >= 4 is 23.8 Å². The summed E-state index contributed by atoms with van der Waals surface area (Å²) < 4.78 is 5.62. The van der Waals surface area contributed by atoms with Crippen LogP contribution in [0.1, 0.15) is 23.7 Å². The van der Waals surface area contributed by atoms with E-state index in [2.05, 4.69) is 20.9 Å². The molecule has 1 heterocycles. The van der Waals surface area contributed by atoms with Crippen molar-refractivity contribution in [3.63, 3.8) is 0 Å². The number of aliphatic hydroxyl groups is 1. The number of hydrogen-bond acceptors (Lipinski definition) is 6. The lowest BCUT2D eigenvalue weighted by molar-refractivity contribution is 0.0380. The molecule has 1 atom stereocenters. The first-order valence-corrected chi connectivity index (χ1v) is 9.64. The summed E-state index contributed by atoms with van der Waals surface area (Å²) in [6, 6.07) is 11.2. The molecule has 0 saturated heterocycles. The molecule has 0 aliphatic heterocycles. The first kappa shape index (κ1) is 22.3. The number of amides is 2. The monoisotopic (exact) mass is 399 g/mol. The number of hydrogen-bond donors (Lipinski definition) is 5. The minimum atomic E-state index is -0.760. The smallest absolute Gasteiger partial charge is 0.320 e. The van der Waals surface area contributed by atoms with Gasteiger partial charge in [0.1, 0.15) is 5.82 Å². The van der Waals surface area contributed by atoms with E-state index in [-0.39, 0.29) is 13.0 Å². The van der Waals surface area contributed by atoms with Crippen LogP contribution < -0.4 is 16.0 Å². The van der Waals surface area contributed by atoms with Gasteiger partial charge in [0.2, 0.25) is 0 Å². The van der Waals surface area contributed by atoms with Crippen molar-refractivity contribution in [1.82, 2.24) is 10.3 Å². The SMILES string of the molecule is CCNc1c(C=N)cc(NC(=O)NC)nc1C[C@H](O)COCCc1ccccc1. The number of pyridine rings is 1. The highest BCUT2D eigenvalue weighted by atomic mass is 16.5. The topological polar surface area (TPSA) is 119 Å². The van der Waals surface area contributed by atoms with Crippen molar-refractivity contribution in [3.05, 3.63) is 53.2 Å². The van der Waals surface area contributed by atoms with Crippen LogP contribution in [0.3, 0.4) is 0 Å². The molecule has 0 spiro atoms. The number of nitrogens with zero attached hydrogens (tertiary/aromatic N) is 1. The molecule has 0 unspecified atom stereocenters. The number of urea groups is 1. The van der Waals surface area contributed by atoms with Crippen molar-refractivity contribution in [3.8, 4) is 0 Å². The number of carbonyl (C=O) groups is 1. The summed E-state index contributed by atoms with van der Waals surface area (Å²) in [5.74, 6) is 0.316. The summed E-state index contributed by atoms with van der Waals surface area (Å²) in [5, 5.41) is 26.4. The second-order valence-corrected chi connectivity index (χ2v) is 6.47. The molecule has 2 amide bonds. The van der Waals surface area contributed by atoms with Crippen LogP contribution in [0.5, 0.6) is 0 Å². The molecule has 0 aliphatic rings. The van der Waals surface area contributed by atoms with Gasteiger partial charge in [0, 0.05) is 31.8 Å². The maximum Gasteiger partial charge on any atom is 0.320 e. The van der Waals surface area contributed by atoms with Crippen LogP contribution >= 0.6 is 0 Å². The van der Waals surface area contributed by atoms with Gasteiger partial charge in [0.15, 0.2) is 0 Å². The Morgan fingerprint density at radius 3 is 2.76 bits per heavy atom. The molecule has 8 nitrogen and oxygen atoms in total. The van der Waals surface area contributed by atoms with Gasteiger partial charge in [0.25, 0.3) is 0 Å². The Balaban J connectivity index is 2.02. The molecule has 0 bridgehead atoms. The van der Waals surface area contributed by atoms with E-state index in [1.54, 1.807) is 6.07 Å². The predicted octanol–water partition coefficient (Wildman–Crippen LogP) is 2.43. The molecular formula is C21H29N5O3. The molecule has 1 aromatic carbocycles. The fourth-order valence-electron chi connectivity index (χ4n) is 2.84. The number of ether oxygens (including phenoxy) is 1. The number of aromatic nitrogens is 1. The number of carbonyl (C=O) groups excluding carboxylic acids is 1. The van der Waals surface area contributed by atoms with E-state index >= 15 is 0 Å². The molecule has 8 heteroatoms. The molecule has 0 saturated carbocycles. The van der Waals surface area contributed by atoms with E-state index in [0.717, 1.165) is 6.42 Å². The average Bonchev–Trinajstić information content (AvgIpc) is 2.73. The normalized spacial score (nSPS) is 11.6. The maximum absolute atomic E-state index is 11.6. The van der Waals surface area contributed by atoms with Crippen LogP contribution in [-0.4, -0.2) is 55.2 Å². The maximum atomic E-state index is 11.6. The van der Waals surface area contributed by atoms with Crippen LogP contribution in [0, 0.1) is 5.41 Å². The Morgan fingerprint density at radius 2 is 2.10 bits per heavy atom. The Labute approximate surface area is 171 Å². The van der Waals surface area contributed by atoms with Crippen molar-refractivity contribution in [2.24, 2.45) is 0 Å². The number of benzene rings is 1. The largest absolute Gasteiger partial charge is 0.390 e. The molecule has 2 rings (SSSR count). The Kier molecular flexibility index (Phi) is 9.07. The summed E-state index contributed by atoms with van der Waals surface area (Å²) in [5.41, 5.74) is 3.01. The Morgan fingerprint density at radius 1 is 1.34 bits per heavy atom. The Hall–Kier alpha value is -2.97. The third kappa shape index (κ3) is 7.17. The number of anilines is 2. The van der Waals surface area contributed by atoms with Gasteiger partial charge in [-0.3, -0.25) is 5.32 Å². The summed E-state index contributed by atoms with van der Waals surface area (Å²) in [6.07, 6.45) is 1.45.